The minimum absolute atomic E-state index is 0.0733. The van der Waals surface area contributed by atoms with Gasteiger partial charge in [-0.05, 0) is 19.8 Å². The highest BCUT2D eigenvalue weighted by atomic mass is 19.1. The van der Waals surface area contributed by atoms with Crippen molar-refractivity contribution < 1.29 is 9.18 Å². The molecule has 10 heteroatoms. The first-order chi connectivity index (χ1) is 13.7. The average Bonchev–Trinajstić information content (AvgIpc) is 2.70. The Labute approximate surface area is 167 Å². The number of nitrogens with one attached hydrogen (secondary N) is 1. The molecular formula is C19H25FN6O3. The summed E-state index contributed by atoms with van der Waals surface area (Å²) in [5.74, 6) is -0.948. The van der Waals surface area contributed by atoms with Gasteiger partial charge in [-0.15, -0.1) is 0 Å². The third kappa shape index (κ3) is 4.20. The summed E-state index contributed by atoms with van der Waals surface area (Å²) < 4.78 is 15.3. The van der Waals surface area contributed by atoms with Gasteiger partial charge in [0.1, 0.15) is 6.54 Å². The third-order valence-electron chi connectivity index (χ3n) is 5.18. The molecule has 1 saturated heterocycles. The summed E-state index contributed by atoms with van der Waals surface area (Å²) in [6.07, 6.45) is 1.39. The fraction of sp³-hybridized carbons (Fsp3) is 0.526. The predicted octanol–water partition coefficient (Wildman–Crippen LogP) is 0.555. The Morgan fingerprint density at radius 1 is 1.21 bits per heavy atom. The van der Waals surface area contributed by atoms with Crippen molar-refractivity contribution in [2.75, 3.05) is 31.1 Å². The Hall–Kier alpha value is -3.04. The number of halogens is 1. The Morgan fingerprint density at radius 2 is 1.86 bits per heavy atom. The lowest BCUT2D eigenvalue weighted by molar-refractivity contribution is -0.132. The summed E-state index contributed by atoms with van der Waals surface area (Å²) in [6, 6.07) is 0. The fourth-order valence-corrected chi connectivity index (χ4v) is 3.20. The molecule has 0 aromatic carbocycles. The number of aromatic nitrogens is 4. The molecule has 1 amide bonds. The SMILES string of the molecule is Cc1ncn(CC(=O)N2CCN(c3nc(C(C)C)c(F)c(=O)[nH]3)CC2)c(=O)c1C. The maximum atomic E-state index is 13.9. The van der Waals surface area contributed by atoms with Crippen LogP contribution in [0.1, 0.15) is 36.7 Å². The van der Waals surface area contributed by atoms with Crippen molar-refractivity contribution in [1.82, 2.24) is 24.4 Å². The Bertz CT molecular complexity index is 1040. The summed E-state index contributed by atoms with van der Waals surface area (Å²) in [5.41, 5.74) is 0.285. The van der Waals surface area contributed by atoms with Crippen LogP contribution in [0.5, 0.6) is 0 Å². The highest BCUT2D eigenvalue weighted by molar-refractivity contribution is 5.76. The van der Waals surface area contributed by atoms with E-state index in [1.807, 2.05) is 4.90 Å². The standard InChI is InChI=1S/C19H25FN6O3/c1-11(2)16-15(20)17(28)23-19(22-16)25-7-5-24(6-8-25)14(27)9-26-10-21-13(4)12(3)18(26)29/h10-11H,5-9H2,1-4H3,(H,22,23,28). The number of piperazine rings is 1. The van der Waals surface area contributed by atoms with Gasteiger partial charge in [0.15, 0.2) is 0 Å². The normalized spacial score (nSPS) is 14.6. The van der Waals surface area contributed by atoms with E-state index < -0.39 is 11.4 Å². The third-order valence-corrected chi connectivity index (χ3v) is 5.18. The minimum Gasteiger partial charge on any atom is -0.339 e. The number of aromatic amines is 1. The summed E-state index contributed by atoms with van der Waals surface area (Å²) in [7, 11) is 0. The lowest BCUT2D eigenvalue weighted by Gasteiger charge is -2.35. The van der Waals surface area contributed by atoms with E-state index in [4.69, 9.17) is 0 Å². The number of hydrogen-bond acceptors (Lipinski definition) is 6. The minimum atomic E-state index is -0.856. The van der Waals surface area contributed by atoms with Gasteiger partial charge in [0, 0.05) is 37.4 Å². The molecule has 0 radical (unpaired) electrons. The summed E-state index contributed by atoms with van der Waals surface area (Å²) in [4.78, 5) is 51.1. The second kappa shape index (κ2) is 8.14. The van der Waals surface area contributed by atoms with Crippen LogP contribution in [0.3, 0.4) is 0 Å². The van der Waals surface area contributed by atoms with Gasteiger partial charge in [-0.25, -0.2) is 9.97 Å². The van der Waals surface area contributed by atoms with Crippen molar-refractivity contribution in [1.29, 1.82) is 0 Å². The second-order valence-corrected chi connectivity index (χ2v) is 7.50. The zero-order chi connectivity index (χ0) is 21.3. The van der Waals surface area contributed by atoms with Crippen LogP contribution in [0.15, 0.2) is 15.9 Å². The summed E-state index contributed by atoms with van der Waals surface area (Å²) in [5, 5.41) is 0. The lowest BCUT2D eigenvalue weighted by atomic mass is 10.1. The topological polar surface area (TPSA) is 104 Å². The van der Waals surface area contributed by atoms with Crippen LogP contribution in [-0.2, 0) is 11.3 Å². The molecule has 0 aliphatic carbocycles. The van der Waals surface area contributed by atoms with Gasteiger partial charge in [0.2, 0.25) is 17.7 Å². The predicted molar refractivity (Wildman–Crippen MR) is 106 cm³/mol. The van der Waals surface area contributed by atoms with Gasteiger partial charge in [-0.2, -0.15) is 4.39 Å². The van der Waals surface area contributed by atoms with Gasteiger partial charge in [0.25, 0.3) is 11.1 Å². The molecule has 156 valence electrons. The number of nitrogens with zero attached hydrogens (tertiary/aromatic N) is 5. The van der Waals surface area contributed by atoms with Crippen LogP contribution in [0.4, 0.5) is 10.3 Å². The first kappa shape index (κ1) is 20.7. The average molecular weight is 404 g/mol. The van der Waals surface area contributed by atoms with Crippen LogP contribution in [0.2, 0.25) is 0 Å². The van der Waals surface area contributed by atoms with Gasteiger partial charge < -0.3 is 9.80 Å². The summed E-state index contributed by atoms with van der Waals surface area (Å²) >= 11 is 0. The Balaban J connectivity index is 1.68. The zero-order valence-corrected chi connectivity index (χ0v) is 17.0. The van der Waals surface area contributed by atoms with Crippen molar-refractivity contribution in [2.45, 2.75) is 40.2 Å². The molecule has 1 aliphatic rings. The molecule has 1 fully saturated rings. The van der Waals surface area contributed by atoms with Crippen molar-refractivity contribution in [2.24, 2.45) is 0 Å². The largest absolute Gasteiger partial charge is 0.339 e. The molecule has 3 heterocycles. The molecule has 1 aliphatic heterocycles. The molecule has 3 rings (SSSR count). The van der Waals surface area contributed by atoms with Gasteiger partial charge in [-0.1, -0.05) is 13.8 Å². The van der Waals surface area contributed by atoms with E-state index in [0.717, 1.165) is 0 Å². The van der Waals surface area contributed by atoms with Crippen LogP contribution < -0.4 is 16.0 Å². The first-order valence-electron chi connectivity index (χ1n) is 9.54. The number of hydrogen-bond donors (Lipinski definition) is 1. The number of anilines is 1. The Kier molecular flexibility index (Phi) is 5.81. The van der Waals surface area contributed by atoms with Gasteiger partial charge in [-0.3, -0.25) is 23.9 Å². The number of carbonyl (C=O) groups is 1. The summed E-state index contributed by atoms with van der Waals surface area (Å²) in [6.45, 7) is 8.61. The smallest absolute Gasteiger partial charge is 0.288 e. The highest BCUT2D eigenvalue weighted by Gasteiger charge is 2.24. The maximum absolute atomic E-state index is 13.9. The van der Waals surface area contributed by atoms with Crippen LogP contribution in [-0.4, -0.2) is 56.5 Å². The number of amides is 1. The fourth-order valence-electron chi connectivity index (χ4n) is 3.20. The van der Waals surface area contributed by atoms with Crippen LogP contribution in [0, 0.1) is 19.7 Å². The van der Waals surface area contributed by atoms with E-state index in [2.05, 4.69) is 15.0 Å². The Morgan fingerprint density at radius 3 is 2.48 bits per heavy atom. The molecule has 9 nitrogen and oxygen atoms in total. The monoisotopic (exact) mass is 404 g/mol. The molecule has 0 saturated carbocycles. The van der Waals surface area contributed by atoms with E-state index in [1.165, 1.54) is 10.9 Å². The lowest BCUT2D eigenvalue weighted by Crippen LogP contribution is -2.51. The van der Waals surface area contributed by atoms with Gasteiger partial charge >= 0.3 is 0 Å². The van der Waals surface area contributed by atoms with Crippen LogP contribution in [0.25, 0.3) is 0 Å². The van der Waals surface area contributed by atoms with Crippen molar-refractivity contribution in [3.8, 4) is 0 Å². The highest BCUT2D eigenvalue weighted by Crippen LogP contribution is 2.17. The molecule has 1 N–H and O–H groups in total. The van der Waals surface area contributed by atoms with Crippen molar-refractivity contribution in [3.63, 3.8) is 0 Å². The maximum Gasteiger partial charge on any atom is 0.288 e. The van der Waals surface area contributed by atoms with E-state index in [0.29, 0.717) is 43.4 Å². The van der Waals surface area contributed by atoms with Crippen LogP contribution >= 0.6 is 0 Å². The van der Waals surface area contributed by atoms with Crippen molar-refractivity contribution in [3.05, 3.63) is 49.8 Å². The molecule has 29 heavy (non-hydrogen) atoms. The number of aryl methyl sites for hydroxylation is 1. The number of rotatable bonds is 4. The number of carbonyl (C=O) groups excluding carboxylic acids is 1. The molecule has 2 aromatic rings. The number of H-pyrrole nitrogens is 1. The van der Waals surface area contributed by atoms with E-state index in [-0.39, 0.29) is 29.6 Å². The molecule has 0 atom stereocenters. The first-order valence-corrected chi connectivity index (χ1v) is 9.54. The molecule has 2 aromatic heterocycles. The molecule has 0 bridgehead atoms. The molecule has 0 unspecified atom stereocenters. The quantitative estimate of drug-likeness (QED) is 0.798. The zero-order valence-electron chi connectivity index (χ0n) is 17.0. The second-order valence-electron chi connectivity index (χ2n) is 7.50. The molecular weight excluding hydrogens is 379 g/mol. The van der Waals surface area contributed by atoms with E-state index in [9.17, 15) is 18.8 Å². The van der Waals surface area contributed by atoms with E-state index >= 15 is 0 Å². The molecule has 0 spiro atoms. The van der Waals surface area contributed by atoms with Crippen molar-refractivity contribution >= 4 is 11.9 Å². The van der Waals surface area contributed by atoms with Gasteiger partial charge in [0.05, 0.1) is 12.0 Å². The van der Waals surface area contributed by atoms with E-state index in [1.54, 1.807) is 32.6 Å².